The number of aromatic amines is 1. The number of aromatic nitrogens is 1. The Kier molecular flexibility index (Phi) is 4.64. The number of halogens is 1. The van der Waals surface area contributed by atoms with Crippen LogP contribution < -0.4 is 0 Å². The minimum Gasteiger partial charge on any atom is -0.481 e. The molecular formula is C25H25FN2O3S. The number of H-pyrrole nitrogens is 1. The first kappa shape index (κ1) is 20.0. The van der Waals surface area contributed by atoms with E-state index in [-0.39, 0.29) is 42.1 Å². The lowest BCUT2D eigenvalue weighted by atomic mass is 9.58. The predicted molar refractivity (Wildman–Crippen MR) is 120 cm³/mol. The van der Waals surface area contributed by atoms with E-state index in [0.717, 1.165) is 41.6 Å². The Morgan fingerprint density at radius 2 is 2.06 bits per heavy atom. The maximum Gasteiger partial charge on any atom is 0.308 e. The number of amides is 1. The van der Waals surface area contributed by atoms with Crippen molar-refractivity contribution in [3.05, 3.63) is 58.2 Å². The van der Waals surface area contributed by atoms with Crippen LogP contribution in [0.4, 0.5) is 4.39 Å². The Balaban J connectivity index is 1.36. The average molecular weight is 453 g/mol. The number of carboxylic acids is 1. The van der Waals surface area contributed by atoms with Crippen molar-refractivity contribution in [1.82, 2.24) is 9.88 Å². The largest absolute Gasteiger partial charge is 0.481 e. The molecule has 0 radical (unpaired) electrons. The molecule has 4 aliphatic rings. The van der Waals surface area contributed by atoms with Crippen LogP contribution in [0.25, 0.3) is 10.9 Å². The Morgan fingerprint density at radius 1 is 1.19 bits per heavy atom. The summed E-state index contributed by atoms with van der Waals surface area (Å²) in [6.45, 7) is 0. The lowest BCUT2D eigenvalue weighted by Gasteiger charge is -2.59. The van der Waals surface area contributed by atoms with Gasteiger partial charge in [-0.05, 0) is 66.7 Å². The molecule has 2 aromatic heterocycles. The van der Waals surface area contributed by atoms with Gasteiger partial charge in [0.2, 0.25) is 5.91 Å². The van der Waals surface area contributed by atoms with Crippen LogP contribution in [0.1, 0.15) is 48.5 Å². The van der Waals surface area contributed by atoms with Gasteiger partial charge < -0.3 is 15.0 Å². The normalized spacial score (nSPS) is 29.5. The number of hydrogen-bond donors (Lipinski definition) is 2. The van der Waals surface area contributed by atoms with E-state index < -0.39 is 11.9 Å². The van der Waals surface area contributed by atoms with Gasteiger partial charge in [-0.25, -0.2) is 4.39 Å². The van der Waals surface area contributed by atoms with Crippen LogP contribution in [-0.2, 0) is 9.59 Å². The average Bonchev–Trinajstić information content (AvgIpc) is 3.42. The number of nitrogens with one attached hydrogen (secondary N) is 1. The third kappa shape index (κ3) is 3.01. The topological polar surface area (TPSA) is 73.4 Å². The van der Waals surface area contributed by atoms with Crippen LogP contribution in [0, 0.1) is 23.6 Å². The fourth-order valence-electron chi connectivity index (χ4n) is 6.85. The molecule has 166 valence electrons. The molecule has 4 bridgehead atoms. The van der Waals surface area contributed by atoms with Crippen molar-refractivity contribution < 1.29 is 19.1 Å². The molecule has 2 aliphatic carbocycles. The van der Waals surface area contributed by atoms with Crippen molar-refractivity contribution in [2.75, 3.05) is 0 Å². The fraction of sp³-hybridized carbons (Fsp3) is 0.440. The first-order chi connectivity index (χ1) is 15.5. The molecule has 7 rings (SSSR count). The van der Waals surface area contributed by atoms with Crippen LogP contribution in [0.15, 0.2) is 41.9 Å². The third-order valence-corrected chi connectivity index (χ3v) is 8.95. The first-order valence-corrected chi connectivity index (χ1v) is 12.2. The molecule has 6 atom stereocenters. The number of nitrogens with zero attached hydrogens (tertiary/aromatic N) is 1. The molecule has 6 unspecified atom stereocenters. The molecule has 0 spiro atoms. The number of aliphatic carboxylic acids is 1. The molecule has 2 saturated carbocycles. The van der Waals surface area contributed by atoms with E-state index in [2.05, 4.69) is 4.98 Å². The number of fused-ring (bicyclic) bond motifs is 1. The summed E-state index contributed by atoms with van der Waals surface area (Å²) in [5.41, 5.74) is 1.50. The number of rotatable bonds is 5. The third-order valence-electron chi connectivity index (χ3n) is 7.96. The van der Waals surface area contributed by atoms with Crippen LogP contribution in [-0.4, -0.2) is 39.0 Å². The summed E-state index contributed by atoms with van der Waals surface area (Å²) in [7, 11) is 0. The predicted octanol–water partition coefficient (Wildman–Crippen LogP) is 4.99. The summed E-state index contributed by atoms with van der Waals surface area (Å²) in [6, 6.07) is 8.85. The second-order valence-electron chi connectivity index (χ2n) is 9.63. The fourth-order valence-corrected chi connectivity index (χ4v) is 7.70. The maximum absolute atomic E-state index is 14.8. The Labute approximate surface area is 189 Å². The highest BCUT2D eigenvalue weighted by atomic mass is 32.1. The summed E-state index contributed by atoms with van der Waals surface area (Å²) >= 11 is 1.57. The van der Waals surface area contributed by atoms with Crippen molar-refractivity contribution >= 4 is 34.1 Å². The summed E-state index contributed by atoms with van der Waals surface area (Å²) in [5, 5.41) is 12.4. The lowest BCUT2D eigenvalue weighted by Crippen LogP contribution is -2.65. The molecule has 1 aromatic carbocycles. The molecule has 32 heavy (non-hydrogen) atoms. The molecule has 2 saturated heterocycles. The lowest BCUT2D eigenvalue weighted by molar-refractivity contribution is -0.171. The molecule has 4 fully saturated rings. The van der Waals surface area contributed by atoms with Crippen molar-refractivity contribution in [3.63, 3.8) is 0 Å². The number of carboxylic acid groups (broad SMARTS) is 1. The molecule has 5 nitrogen and oxygen atoms in total. The molecule has 2 aliphatic heterocycles. The van der Waals surface area contributed by atoms with Crippen LogP contribution in [0.2, 0.25) is 0 Å². The second kappa shape index (κ2) is 7.44. The monoisotopic (exact) mass is 452 g/mol. The number of thiophene rings is 1. The Bertz CT molecular complexity index is 1190. The highest BCUT2D eigenvalue weighted by Crippen LogP contribution is 2.52. The van der Waals surface area contributed by atoms with Gasteiger partial charge >= 0.3 is 5.97 Å². The Morgan fingerprint density at radius 3 is 2.84 bits per heavy atom. The summed E-state index contributed by atoms with van der Waals surface area (Å²) in [4.78, 5) is 31.9. The molecule has 1 amide bonds. The zero-order valence-electron chi connectivity index (χ0n) is 17.5. The summed E-state index contributed by atoms with van der Waals surface area (Å²) < 4.78 is 14.8. The highest BCUT2D eigenvalue weighted by molar-refractivity contribution is 7.10. The second-order valence-corrected chi connectivity index (χ2v) is 10.6. The number of hydrogen-bond acceptors (Lipinski definition) is 3. The van der Waals surface area contributed by atoms with Crippen LogP contribution in [0.3, 0.4) is 0 Å². The van der Waals surface area contributed by atoms with Crippen LogP contribution in [0.5, 0.6) is 0 Å². The van der Waals surface area contributed by atoms with Crippen LogP contribution >= 0.6 is 11.3 Å². The van der Waals surface area contributed by atoms with Gasteiger partial charge in [-0.1, -0.05) is 12.1 Å². The minimum atomic E-state index is -0.773. The molecule has 4 heterocycles. The highest BCUT2D eigenvalue weighted by Gasteiger charge is 2.56. The smallest absolute Gasteiger partial charge is 0.308 e. The summed E-state index contributed by atoms with van der Waals surface area (Å²) in [6.07, 6.45) is 5.59. The van der Waals surface area contributed by atoms with Gasteiger partial charge in [0.15, 0.2) is 0 Å². The minimum absolute atomic E-state index is 0.00543. The zero-order chi connectivity index (χ0) is 22.0. The molecule has 7 heteroatoms. The van der Waals surface area contributed by atoms with Gasteiger partial charge in [-0.2, -0.15) is 0 Å². The van der Waals surface area contributed by atoms with Gasteiger partial charge in [0.25, 0.3) is 0 Å². The quantitative estimate of drug-likeness (QED) is 0.573. The van der Waals surface area contributed by atoms with E-state index >= 15 is 0 Å². The van der Waals surface area contributed by atoms with Gasteiger partial charge in [0.1, 0.15) is 5.82 Å². The SMILES string of the molecule is O=C(O)C1C2CC3CC(C2)N(C(=O)CC(c2cccs2)c2c[nH]c4cccc(F)c24)C1C3. The van der Waals surface area contributed by atoms with Crippen molar-refractivity contribution in [2.45, 2.75) is 50.1 Å². The number of carbonyl (C=O) groups excluding carboxylic acids is 1. The Hall–Kier alpha value is -2.67. The number of piperidine rings is 2. The van der Waals surface area contributed by atoms with E-state index in [0.29, 0.717) is 11.3 Å². The summed E-state index contributed by atoms with van der Waals surface area (Å²) in [5.74, 6) is -1.08. The molecular weight excluding hydrogens is 427 g/mol. The van der Waals surface area contributed by atoms with E-state index in [1.54, 1.807) is 17.4 Å². The maximum atomic E-state index is 14.8. The van der Waals surface area contributed by atoms with Crippen molar-refractivity contribution in [3.8, 4) is 0 Å². The zero-order valence-corrected chi connectivity index (χ0v) is 18.4. The van der Waals surface area contributed by atoms with E-state index in [1.165, 1.54) is 6.07 Å². The van der Waals surface area contributed by atoms with Gasteiger partial charge in [0.05, 0.1) is 5.92 Å². The van der Waals surface area contributed by atoms with E-state index in [9.17, 15) is 19.1 Å². The molecule has 2 N–H and O–H groups in total. The van der Waals surface area contributed by atoms with Gasteiger partial charge in [0, 0.05) is 46.4 Å². The van der Waals surface area contributed by atoms with E-state index in [1.807, 2.05) is 34.7 Å². The number of benzene rings is 1. The standard InChI is InChI=1S/C25H25FN2O3S/c26-18-3-1-4-19-24(18)17(12-27-19)16(21-5-2-6-32-21)11-22(29)28-15-8-13-7-14(10-15)23(25(30)31)20(28)9-13/h1-6,12-16,20,23,27H,7-11H2,(H,30,31). The molecule has 3 aromatic rings. The van der Waals surface area contributed by atoms with Crippen molar-refractivity contribution in [2.24, 2.45) is 17.8 Å². The van der Waals surface area contributed by atoms with Crippen molar-refractivity contribution in [1.29, 1.82) is 0 Å². The van der Waals surface area contributed by atoms with Gasteiger partial charge in [-0.3, -0.25) is 9.59 Å². The number of carbonyl (C=O) groups is 2. The van der Waals surface area contributed by atoms with E-state index in [4.69, 9.17) is 0 Å². The first-order valence-electron chi connectivity index (χ1n) is 11.3. The van der Waals surface area contributed by atoms with Gasteiger partial charge in [-0.15, -0.1) is 11.3 Å².